The second-order valence-corrected chi connectivity index (χ2v) is 4.57. The normalized spacial score (nSPS) is 10.8. The van der Waals surface area contributed by atoms with Gasteiger partial charge in [0.05, 0.1) is 5.56 Å². The molecule has 0 atom stereocenters. The average Bonchev–Trinajstić information content (AvgIpc) is 2.46. The van der Waals surface area contributed by atoms with Crippen molar-refractivity contribution in [1.82, 2.24) is 4.98 Å². The fraction of sp³-hybridized carbons (Fsp3) is 0.118. The van der Waals surface area contributed by atoms with Gasteiger partial charge in [0.15, 0.2) is 0 Å². The maximum absolute atomic E-state index is 12.4. The van der Waals surface area contributed by atoms with Crippen molar-refractivity contribution in [2.75, 3.05) is 0 Å². The van der Waals surface area contributed by atoms with E-state index in [1.54, 1.807) is 0 Å². The van der Waals surface area contributed by atoms with Crippen LogP contribution in [0.4, 0.5) is 0 Å². The molecule has 3 aromatic rings. The number of hydrogen-bond donors (Lipinski definition) is 1. The summed E-state index contributed by atoms with van der Waals surface area (Å²) in [7, 11) is 0. The summed E-state index contributed by atoms with van der Waals surface area (Å²) in [5, 5.41) is 1.13. The Kier molecular flexibility index (Phi) is 2.92. The molecular formula is C17H15NO. The SMILES string of the molecule is CCc1c(-c2ccccc2)c(=O)[nH]c2ccccc12. The first-order chi connectivity index (χ1) is 9.31. The van der Waals surface area contributed by atoms with Gasteiger partial charge in [0.2, 0.25) is 0 Å². The fourth-order valence-electron chi connectivity index (χ4n) is 2.59. The summed E-state index contributed by atoms with van der Waals surface area (Å²) < 4.78 is 0. The predicted molar refractivity (Wildman–Crippen MR) is 79.4 cm³/mol. The molecule has 0 saturated carbocycles. The molecule has 0 bridgehead atoms. The number of aromatic nitrogens is 1. The molecule has 0 aliphatic rings. The number of nitrogens with one attached hydrogen (secondary N) is 1. The summed E-state index contributed by atoms with van der Waals surface area (Å²) in [6.45, 7) is 2.09. The third kappa shape index (κ3) is 1.95. The first-order valence-corrected chi connectivity index (χ1v) is 6.50. The van der Waals surface area contributed by atoms with E-state index in [2.05, 4.69) is 18.0 Å². The number of fused-ring (bicyclic) bond motifs is 1. The zero-order valence-electron chi connectivity index (χ0n) is 10.8. The molecule has 0 amide bonds. The maximum atomic E-state index is 12.4. The smallest absolute Gasteiger partial charge is 0.256 e. The van der Waals surface area contributed by atoms with E-state index in [1.165, 1.54) is 0 Å². The van der Waals surface area contributed by atoms with Crippen LogP contribution in [-0.4, -0.2) is 4.98 Å². The van der Waals surface area contributed by atoms with Crippen molar-refractivity contribution in [3.05, 3.63) is 70.5 Å². The summed E-state index contributed by atoms with van der Waals surface area (Å²) in [5.41, 5.74) is 3.78. The molecule has 1 heterocycles. The monoisotopic (exact) mass is 249 g/mol. The molecule has 94 valence electrons. The number of aromatic amines is 1. The number of pyridine rings is 1. The van der Waals surface area contributed by atoms with E-state index in [4.69, 9.17) is 0 Å². The van der Waals surface area contributed by atoms with Gasteiger partial charge in [0.25, 0.3) is 5.56 Å². The molecule has 2 heteroatoms. The number of para-hydroxylation sites is 1. The van der Waals surface area contributed by atoms with Gasteiger partial charge in [-0.1, -0.05) is 55.5 Å². The Bertz CT molecular complexity index is 772. The Morgan fingerprint density at radius 3 is 2.37 bits per heavy atom. The van der Waals surface area contributed by atoms with Crippen LogP contribution in [0.3, 0.4) is 0 Å². The van der Waals surface area contributed by atoms with Crippen LogP contribution in [0, 0.1) is 0 Å². The number of benzene rings is 2. The first kappa shape index (κ1) is 11.7. The van der Waals surface area contributed by atoms with Crippen LogP contribution in [0.25, 0.3) is 22.0 Å². The lowest BCUT2D eigenvalue weighted by Crippen LogP contribution is -2.12. The van der Waals surface area contributed by atoms with E-state index < -0.39 is 0 Å². The molecule has 2 nitrogen and oxygen atoms in total. The van der Waals surface area contributed by atoms with E-state index in [1.807, 2.05) is 48.5 Å². The van der Waals surface area contributed by atoms with Crippen LogP contribution in [0.1, 0.15) is 12.5 Å². The van der Waals surface area contributed by atoms with Gasteiger partial charge >= 0.3 is 0 Å². The Labute approximate surface area is 111 Å². The van der Waals surface area contributed by atoms with Crippen molar-refractivity contribution in [2.24, 2.45) is 0 Å². The quantitative estimate of drug-likeness (QED) is 0.737. The highest BCUT2D eigenvalue weighted by molar-refractivity contribution is 5.88. The van der Waals surface area contributed by atoms with Crippen molar-refractivity contribution in [2.45, 2.75) is 13.3 Å². The minimum atomic E-state index is -0.0123. The summed E-state index contributed by atoms with van der Waals surface area (Å²) >= 11 is 0. The van der Waals surface area contributed by atoms with Crippen molar-refractivity contribution in [1.29, 1.82) is 0 Å². The lowest BCUT2D eigenvalue weighted by atomic mass is 9.96. The van der Waals surface area contributed by atoms with Crippen LogP contribution in [0.5, 0.6) is 0 Å². The number of rotatable bonds is 2. The third-order valence-electron chi connectivity index (χ3n) is 3.45. The van der Waals surface area contributed by atoms with E-state index in [9.17, 15) is 4.79 Å². The lowest BCUT2D eigenvalue weighted by molar-refractivity contribution is 1.14. The number of aryl methyl sites for hydroxylation is 1. The van der Waals surface area contributed by atoms with E-state index in [0.29, 0.717) is 0 Å². The largest absolute Gasteiger partial charge is 0.321 e. The second-order valence-electron chi connectivity index (χ2n) is 4.57. The van der Waals surface area contributed by atoms with Crippen LogP contribution in [-0.2, 0) is 6.42 Å². The van der Waals surface area contributed by atoms with Crippen LogP contribution in [0.2, 0.25) is 0 Å². The summed E-state index contributed by atoms with van der Waals surface area (Å²) in [6.07, 6.45) is 0.842. The molecular weight excluding hydrogens is 234 g/mol. The van der Waals surface area contributed by atoms with E-state index in [0.717, 1.165) is 34.0 Å². The standard InChI is InChI=1S/C17H15NO/c1-2-13-14-10-6-7-11-15(14)18-17(19)16(13)12-8-4-3-5-9-12/h3-11H,2H2,1H3,(H,18,19). The number of H-pyrrole nitrogens is 1. The molecule has 0 radical (unpaired) electrons. The molecule has 0 saturated heterocycles. The Balaban J connectivity index is 2.42. The minimum Gasteiger partial charge on any atom is -0.321 e. The Morgan fingerprint density at radius 2 is 1.63 bits per heavy atom. The van der Waals surface area contributed by atoms with E-state index >= 15 is 0 Å². The van der Waals surface area contributed by atoms with Gasteiger partial charge in [-0.25, -0.2) is 0 Å². The van der Waals surface area contributed by atoms with Gasteiger partial charge in [-0.15, -0.1) is 0 Å². The molecule has 0 aliphatic carbocycles. The molecule has 1 aromatic heterocycles. The van der Waals surface area contributed by atoms with Gasteiger partial charge in [0.1, 0.15) is 0 Å². The lowest BCUT2D eigenvalue weighted by Gasteiger charge is -2.11. The predicted octanol–water partition coefficient (Wildman–Crippen LogP) is 3.76. The maximum Gasteiger partial charge on any atom is 0.256 e. The van der Waals surface area contributed by atoms with Gasteiger partial charge in [-0.3, -0.25) is 4.79 Å². The summed E-state index contributed by atoms with van der Waals surface area (Å²) in [6, 6.07) is 17.8. The van der Waals surface area contributed by atoms with Crippen molar-refractivity contribution in [3.63, 3.8) is 0 Å². The third-order valence-corrected chi connectivity index (χ3v) is 3.45. The Hall–Kier alpha value is -2.35. The first-order valence-electron chi connectivity index (χ1n) is 6.50. The zero-order chi connectivity index (χ0) is 13.2. The minimum absolute atomic E-state index is 0.0123. The van der Waals surface area contributed by atoms with Crippen LogP contribution >= 0.6 is 0 Å². The van der Waals surface area contributed by atoms with Crippen LogP contribution < -0.4 is 5.56 Å². The summed E-state index contributed by atoms with van der Waals surface area (Å²) in [4.78, 5) is 15.3. The molecule has 0 aliphatic heterocycles. The fourth-order valence-corrected chi connectivity index (χ4v) is 2.59. The van der Waals surface area contributed by atoms with Crippen LogP contribution in [0.15, 0.2) is 59.4 Å². The number of hydrogen-bond acceptors (Lipinski definition) is 1. The topological polar surface area (TPSA) is 32.9 Å². The van der Waals surface area contributed by atoms with Crippen molar-refractivity contribution >= 4 is 10.9 Å². The zero-order valence-corrected chi connectivity index (χ0v) is 10.8. The Morgan fingerprint density at radius 1 is 0.947 bits per heavy atom. The molecule has 19 heavy (non-hydrogen) atoms. The van der Waals surface area contributed by atoms with Crippen molar-refractivity contribution < 1.29 is 0 Å². The highest BCUT2D eigenvalue weighted by Gasteiger charge is 2.12. The average molecular weight is 249 g/mol. The highest BCUT2D eigenvalue weighted by atomic mass is 16.1. The van der Waals surface area contributed by atoms with E-state index in [-0.39, 0.29) is 5.56 Å². The molecule has 0 fully saturated rings. The van der Waals surface area contributed by atoms with Gasteiger partial charge < -0.3 is 4.98 Å². The van der Waals surface area contributed by atoms with Gasteiger partial charge in [-0.05, 0) is 23.6 Å². The van der Waals surface area contributed by atoms with Gasteiger partial charge in [-0.2, -0.15) is 0 Å². The van der Waals surface area contributed by atoms with Gasteiger partial charge in [0, 0.05) is 10.9 Å². The second kappa shape index (κ2) is 4.73. The van der Waals surface area contributed by atoms with Crippen molar-refractivity contribution in [3.8, 4) is 11.1 Å². The highest BCUT2D eigenvalue weighted by Crippen LogP contribution is 2.26. The molecule has 2 aromatic carbocycles. The molecule has 0 unspecified atom stereocenters. The molecule has 3 rings (SSSR count). The summed E-state index contributed by atoms with van der Waals surface area (Å²) in [5.74, 6) is 0. The molecule has 0 spiro atoms. The molecule has 1 N–H and O–H groups in total.